The monoisotopic (exact) mass is 299 g/mol. The maximum atomic E-state index is 10.6. The first-order valence-corrected chi connectivity index (χ1v) is 6.98. The van der Waals surface area contributed by atoms with Crippen molar-refractivity contribution in [2.75, 3.05) is 6.61 Å². The average Bonchev–Trinajstić information content (AvgIpc) is 2.53. The molecule has 0 fully saturated rings. The number of carbonyl (C=O) groups is 1. The maximum Gasteiger partial charge on any atom is 0.341 e. The topological polar surface area (TPSA) is 84.1 Å². The highest BCUT2D eigenvalue weighted by Crippen LogP contribution is 2.27. The predicted molar refractivity (Wildman–Crippen MR) is 82.0 cm³/mol. The Morgan fingerprint density at radius 1 is 1.18 bits per heavy atom. The lowest BCUT2D eigenvalue weighted by molar-refractivity contribution is -0.139. The summed E-state index contributed by atoms with van der Waals surface area (Å²) in [5.74, 6) is -0.420. The Labute approximate surface area is 128 Å². The van der Waals surface area contributed by atoms with Crippen molar-refractivity contribution in [3.63, 3.8) is 0 Å². The molecule has 0 aliphatic carbocycles. The zero-order valence-electron chi connectivity index (χ0n) is 12.3. The lowest BCUT2D eigenvalue weighted by Gasteiger charge is -2.09. The van der Waals surface area contributed by atoms with Crippen molar-refractivity contribution in [2.45, 2.75) is 19.8 Å². The molecule has 114 valence electrons. The third kappa shape index (κ3) is 4.66. The molecule has 22 heavy (non-hydrogen) atoms. The number of pyridine rings is 1. The minimum Gasteiger partial charge on any atom is -0.482 e. The van der Waals surface area contributed by atoms with Crippen LogP contribution in [0.15, 0.2) is 53.0 Å². The Kier molecular flexibility index (Phi) is 5.59. The summed E-state index contributed by atoms with van der Waals surface area (Å²) < 4.78 is 5.29. The Morgan fingerprint density at radius 3 is 2.59 bits per heavy atom. The average molecular weight is 299 g/mol. The molecule has 0 bridgehead atoms. The van der Waals surface area contributed by atoms with Gasteiger partial charge in [-0.15, -0.1) is 0 Å². The van der Waals surface area contributed by atoms with Crippen molar-refractivity contribution in [1.29, 1.82) is 0 Å². The third-order valence-electron chi connectivity index (χ3n) is 2.86. The fourth-order valence-electron chi connectivity index (χ4n) is 1.90. The summed E-state index contributed by atoms with van der Waals surface area (Å²) >= 11 is 0. The highest BCUT2D eigenvalue weighted by atomic mass is 16.5. The van der Waals surface area contributed by atoms with Gasteiger partial charge in [-0.1, -0.05) is 13.3 Å². The van der Waals surface area contributed by atoms with Gasteiger partial charge in [-0.05, 0) is 42.3 Å². The second kappa shape index (κ2) is 7.87. The number of rotatable bonds is 7. The van der Waals surface area contributed by atoms with Crippen LogP contribution in [0.25, 0.3) is 0 Å². The van der Waals surface area contributed by atoms with Crippen LogP contribution in [0.2, 0.25) is 0 Å². The van der Waals surface area contributed by atoms with E-state index in [1.807, 2.05) is 13.0 Å². The van der Waals surface area contributed by atoms with E-state index in [0.29, 0.717) is 11.4 Å². The molecule has 0 saturated carbocycles. The number of hydrogen-bond donors (Lipinski definition) is 1. The van der Waals surface area contributed by atoms with E-state index in [2.05, 4.69) is 15.2 Å². The number of aromatic nitrogens is 1. The molecule has 2 aromatic rings. The van der Waals surface area contributed by atoms with Crippen molar-refractivity contribution < 1.29 is 14.6 Å². The summed E-state index contributed by atoms with van der Waals surface area (Å²) in [5.41, 5.74) is 2.34. The van der Waals surface area contributed by atoms with Crippen LogP contribution < -0.4 is 4.74 Å². The van der Waals surface area contributed by atoms with E-state index in [1.165, 1.54) is 0 Å². The zero-order chi connectivity index (χ0) is 15.8. The summed E-state index contributed by atoms with van der Waals surface area (Å²) in [6.45, 7) is 1.70. The van der Waals surface area contributed by atoms with E-state index in [0.717, 1.165) is 24.1 Å². The van der Waals surface area contributed by atoms with E-state index in [9.17, 15) is 4.79 Å². The van der Waals surface area contributed by atoms with Gasteiger partial charge in [0.1, 0.15) is 5.75 Å². The van der Waals surface area contributed by atoms with Gasteiger partial charge in [-0.2, -0.15) is 10.2 Å². The van der Waals surface area contributed by atoms with Gasteiger partial charge in [0.05, 0.1) is 11.4 Å². The largest absolute Gasteiger partial charge is 0.482 e. The van der Waals surface area contributed by atoms with E-state index in [1.54, 1.807) is 36.7 Å². The molecule has 0 amide bonds. The molecular formula is C16H17N3O3. The van der Waals surface area contributed by atoms with E-state index in [-0.39, 0.29) is 6.61 Å². The lowest BCUT2D eigenvalue weighted by Crippen LogP contribution is -2.10. The van der Waals surface area contributed by atoms with Crippen LogP contribution in [0, 0.1) is 0 Å². The number of nitrogens with zero attached hydrogens (tertiary/aromatic N) is 3. The Morgan fingerprint density at radius 2 is 1.91 bits per heavy atom. The molecule has 1 aromatic carbocycles. The molecule has 1 heterocycles. The van der Waals surface area contributed by atoms with E-state index >= 15 is 0 Å². The second-order valence-electron chi connectivity index (χ2n) is 4.63. The van der Waals surface area contributed by atoms with E-state index < -0.39 is 5.97 Å². The standard InChI is InChI=1S/C16H17N3O3/c1-2-3-12-10-14(4-5-15(12)22-11-16(20)21)19-18-13-6-8-17-9-7-13/h4-10H,2-3,11H2,1H3,(H,20,21). The predicted octanol–water partition coefficient (Wildman–Crippen LogP) is 3.91. The van der Waals surface area contributed by atoms with Crippen LogP contribution in [0.5, 0.6) is 5.75 Å². The minimum atomic E-state index is -0.996. The first kappa shape index (κ1) is 15.6. The number of azo groups is 1. The van der Waals surface area contributed by atoms with Gasteiger partial charge < -0.3 is 9.84 Å². The van der Waals surface area contributed by atoms with Crippen molar-refractivity contribution in [3.8, 4) is 5.75 Å². The Hall–Kier alpha value is -2.76. The number of hydrogen-bond acceptors (Lipinski definition) is 5. The molecule has 6 heteroatoms. The van der Waals surface area contributed by atoms with Crippen molar-refractivity contribution in [2.24, 2.45) is 10.2 Å². The van der Waals surface area contributed by atoms with Gasteiger partial charge in [0.15, 0.2) is 6.61 Å². The van der Waals surface area contributed by atoms with Gasteiger partial charge in [0.25, 0.3) is 0 Å². The Balaban J connectivity index is 2.17. The smallest absolute Gasteiger partial charge is 0.341 e. The molecule has 0 atom stereocenters. The molecule has 2 rings (SSSR count). The molecule has 1 aromatic heterocycles. The quantitative estimate of drug-likeness (QED) is 0.785. The first-order valence-electron chi connectivity index (χ1n) is 6.98. The number of ether oxygens (including phenoxy) is 1. The van der Waals surface area contributed by atoms with Crippen LogP contribution in [-0.2, 0) is 11.2 Å². The summed E-state index contributed by atoms with van der Waals surface area (Å²) in [6, 6.07) is 8.88. The SMILES string of the molecule is CCCc1cc(N=Nc2ccncc2)ccc1OCC(=O)O. The third-order valence-corrected chi connectivity index (χ3v) is 2.86. The fourth-order valence-corrected chi connectivity index (χ4v) is 1.90. The molecule has 6 nitrogen and oxygen atoms in total. The van der Waals surface area contributed by atoms with Gasteiger partial charge in [0.2, 0.25) is 0 Å². The van der Waals surface area contributed by atoms with E-state index in [4.69, 9.17) is 9.84 Å². The van der Waals surface area contributed by atoms with Gasteiger partial charge in [-0.3, -0.25) is 4.98 Å². The summed E-state index contributed by atoms with van der Waals surface area (Å²) in [7, 11) is 0. The molecule has 0 aliphatic heterocycles. The summed E-state index contributed by atoms with van der Waals surface area (Å²) in [5, 5.41) is 17.0. The fraction of sp³-hybridized carbons (Fsp3) is 0.250. The molecular weight excluding hydrogens is 282 g/mol. The van der Waals surface area contributed by atoms with Gasteiger partial charge in [-0.25, -0.2) is 4.79 Å². The second-order valence-corrected chi connectivity index (χ2v) is 4.63. The zero-order valence-corrected chi connectivity index (χ0v) is 12.3. The number of benzene rings is 1. The molecule has 1 N–H and O–H groups in total. The number of carboxylic acids is 1. The van der Waals surface area contributed by atoms with Crippen molar-refractivity contribution in [3.05, 3.63) is 48.3 Å². The number of aryl methyl sites for hydroxylation is 1. The molecule has 0 radical (unpaired) electrons. The van der Waals surface area contributed by atoms with Crippen LogP contribution in [0.1, 0.15) is 18.9 Å². The van der Waals surface area contributed by atoms with Crippen LogP contribution in [0.4, 0.5) is 11.4 Å². The highest BCUT2D eigenvalue weighted by molar-refractivity contribution is 5.68. The minimum absolute atomic E-state index is 0.353. The molecule has 0 aliphatic rings. The lowest BCUT2D eigenvalue weighted by atomic mass is 10.1. The van der Waals surface area contributed by atoms with Crippen LogP contribution in [-0.4, -0.2) is 22.7 Å². The van der Waals surface area contributed by atoms with Gasteiger partial charge in [0, 0.05) is 12.4 Å². The highest BCUT2D eigenvalue weighted by Gasteiger charge is 2.07. The van der Waals surface area contributed by atoms with Crippen molar-refractivity contribution in [1.82, 2.24) is 4.98 Å². The Bertz CT molecular complexity index is 657. The van der Waals surface area contributed by atoms with Crippen LogP contribution >= 0.6 is 0 Å². The molecule has 0 spiro atoms. The van der Waals surface area contributed by atoms with Crippen molar-refractivity contribution >= 4 is 17.3 Å². The molecule has 0 saturated heterocycles. The number of carboxylic acid groups (broad SMARTS) is 1. The first-order chi connectivity index (χ1) is 10.7. The van der Waals surface area contributed by atoms with Gasteiger partial charge >= 0.3 is 5.97 Å². The summed E-state index contributed by atoms with van der Waals surface area (Å²) in [6.07, 6.45) is 5.02. The van der Waals surface area contributed by atoms with Crippen LogP contribution in [0.3, 0.4) is 0 Å². The summed E-state index contributed by atoms with van der Waals surface area (Å²) in [4.78, 5) is 14.5. The number of aliphatic carboxylic acids is 1. The maximum absolute atomic E-state index is 10.6. The normalized spacial score (nSPS) is 10.8. The molecule has 0 unspecified atom stereocenters.